The summed E-state index contributed by atoms with van der Waals surface area (Å²) < 4.78 is 124. The monoisotopic (exact) mass is 548 g/mol. The number of rotatable bonds is 3. The molecule has 0 radical (unpaired) electrons. The minimum absolute atomic E-state index is 0.0292. The highest BCUT2D eigenvalue weighted by atomic mass is 16.5. The molecule has 7 aromatic carbocycles. The molecule has 0 saturated carbocycles. The minimum atomic E-state index is -0.656. The predicted molar refractivity (Wildman–Crippen MR) is 175 cm³/mol. The Morgan fingerprint density at radius 2 is 1.26 bits per heavy atom. The summed E-state index contributed by atoms with van der Waals surface area (Å²) in [5.41, 5.74) is 1.57. The zero-order chi connectivity index (χ0) is 38.9. The van der Waals surface area contributed by atoms with Crippen LogP contribution >= 0.6 is 0 Å². The molecule has 2 heterocycles. The third-order valence-electron chi connectivity index (χ3n) is 7.55. The van der Waals surface area contributed by atoms with Crippen molar-refractivity contribution in [3.63, 3.8) is 0 Å². The van der Waals surface area contributed by atoms with E-state index in [0.29, 0.717) is 10.9 Å². The van der Waals surface area contributed by atoms with Crippen molar-refractivity contribution in [1.82, 2.24) is 4.57 Å². The van der Waals surface area contributed by atoms with E-state index in [2.05, 4.69) is 4.57 Å². The summed E-state index contributed by atoms with van der Waals surface area (Å²) >= 11 is 0. The molecule has 9 rings (SSSR count). The lowest BCUT2D eigenvalue weighted by molar-refractivity contribution is 0.487. The fraction of sp³-hybridized carbons (Fsp3) is 0. The fourth-order valence-corrected chi connectivity index (χ4v) is 5.76. The topological polar surface area (TPSA) is 14.2 Å². The van der Waals surface area contributed by atoms with E-state index in [4.69, 9.17) is 19.8 Å². The van der Waals surface area contributed by atoms with Crippen LogP contribution in [0, 0.1) is 0 Å². The third kappa shape index (κ3) is 3.39. The molecule has 0 unspecified atom stereocenters. The van der Waals surface area contributed by atoms with Gasteiger partial charge in [-0.05, 0) is 81.6 Å². The first-order valence-electron chi connectivity index (χ1n) is 19.8. The Hall–Kier alpha value is -5.60. The van der Waals surface area contributed by atoms with Crippen LogP contribution in [0.5, 0.6) is 11.5 Å². The summed E-state index contributed by atoms with van der Waals surface area (Å²) in [7, 11) is 0. The number of fused-ring (bicyclic) bond motifs is 5. The van der Waals surface area contributed by atoms with Gasteiger partial charge in [0.2, 0.25) is 0 Å². The smallest absolute Gasteiger partial charge is 0.135 e. The molecule has 196 valence electrons. The average Bonchev–Trinajstić information content (AvgIpc) is 3.53. The largest absolute Gasteiger partial charge is 0.456 e. The van der Waals surface area contributed by atoms with Crippen molar-refractivity contribution in [3.05, 3.63) is 151 Å². The molecule has 0 fully saturated rings. The maximum absolute atomic E-state index is 9.62. The van der Waals surface area contributed by atoms with Crippen LogP contribution in [-0.2, 0) is 0 Å². The quantitative estimate of drug-likeness (QED) is 0.214. The van der Waals surface area contributed by atoms with Crippen LogP contribution in [0.25, 0.3) is 71.6 Å². The molecule has 0 spiro atoms. The van der Waals surface area contributed by atoms with Gasteiger partial charge in [0, 0.05) is 27.4 Å². The molecule has 0 aliphatic carbocycles. The molecule has 2 heteroatoms. The van der Waals surface area contributed by atoms with Gasteiger partial charge in [-0.25, -0.2) is 0 Å². The SMILES string of the molecule is [2H]c1c([2H])c(-c2c([2H])c([2H])c3c(c2[2H])-c2c([2H])c([2H])c([2H])c4c([2H])c([2H])c([2H])c(c24)O3)c([2H])c(-c2cccc3c2c2ccccc2n3-c2ccccc2)c1[2H]. The van der Waals surface area contributed by atoms with Gasteiger partial charge in [0.15, 0.2) is 0 Å². The van der Waals surface area contributed by atoms with Crippen LogP contribution in [0.2, 0.25) is 0 Å². The van der Waals surface area contributed by atoms with E-state index in [9.17, 15) is 2.74 Å². The maximum Gasteiger partial charge on any atom is 0.135 e. The van der Waals surface area contributed by atoms with Crippen LogP contribution in [0.1, 0.15) is 17.8 Å². The Morgan fingerprint density at radius 1 is 0.500 bits per heavy atom. The Kier molecular flexibility index (Phi) is 2.95. The van der Waals surface area contributed by atoms with Crippen LogP contribution in [0.3, 0.4) is 0 Å². The highest BCUT2D eigenvalue weighted by molar-refractivity contribution is 6.16. The zero-order valence-electron chi connectivity index (χ0n) is 34.8. The molecule has 0 amide bonds. The molecule has 0 bridgehead atoms. The molecule has 2 nitrogen and oxygen atoms in total. The molecule has 0 N–H and O–H groups in total. The molecule has 1 aliphatic rings. The van der Waals surface area contributed by atoms with Crippen LogP contribution < -0.4 is 4.74 Å². The number of aromatic nitrogens is 1. The second kappa shape index (κ2) is 8.95. The first-order chi connectivity index (χ1) is 26.3. The molecule has 1 aromatic heterocycles. The van der Waals surface area contributed by atoms with Gasteiger partial charge in [-0.1, -0.05) is 103 Å². The standard InChI is InChI=1S/C40H25NO/c1-2-14-30(15-3-1)41-35-19-5-4-16-33(35)40-31(17-9-20-36(40)41)29-13-6-12-27(24-29)28-22-23-37-34(25-28)32-18-7-10-26-11-8-21-38(42-37)39(26)32/h1-25H/i6D,7D,8D,10D,11D,12D,13D,18D,21D,22D,23D,24D,25D. The molecular weight excluding hydrogens is 510 g/mol. The van der Waals surface area contributed by atoms with Crippen molar-refractivity contribution in [1.29, 1.82) is 0 Å². The summed E-state index contributed by atoms with van der Waals surface area (Å²) in [5, 5.41) is 1.09. The highest BCUT2D eigenvalue weighted by Gasteiger charge is 2.21. The van der Waals surface area contributed by atoms with Crippen LogP contribution in [0.15, 0.2) is 151 Å². The first-order valence-corrected chi connectivity index (χ1v) is 13.3. The van der Waals surface area contributed by atoms with Gasteiger partial charge in [-0.3, -0.25) is 0 Å². The van der Waals surface area contributed by atoms with Crippen molar-refractivity contribution < 1.29 is 22.6 Å². The van der Waals surface area contributed by atoms with Crippen molar-refractivity contribution in [2.45, 2.75) is 0 Å². The van der Waals surface area contributed by atoms with E-state index in [1.165, 1.54) is 0 Å². The summed E-state index contributed by atoms with van der Waals surface area (Å²) in [6.07, 6.45) is 0. The maximum atomic E-state index is 9.62. The Bertz CT molecular complexity index is 3040. The molecule has 8 aromatic rings. The number of benzene rings is 7. The lowest BCUT2D eigenvalue weighted by Crippen LogP contribution is -1.97. The van der Waals surface area contributed by atoms with Crippen molar-refractivity contribution in [2.75, 3.05) is 0 Å². The van der Waals surface area contributed by atoms with Gasteiger partial charge >= 0.3 is 0 Å². The fourth-order valence-electron chi connectivity index (χ4n) is 5.76. The molecule has 0 atom stereocenters. The third-order valence-corrected chi connectivity index (χ3v) is 7.55. The van der Waals surface area contributed by atoms with Gasteiger partial charge in [-0.2, -0.15) is 0 Å². The lowest BCUT2D eigenvalue weighted by atomic mass is 9.91. The number of ether oxygens (including phenoxy) is 1. The molecule has 42 heavy (non-hydrogen) atoms. The van der Waals surface area contributed by atoms with Gasteiger partial charge in [-0.15, -0.1) is 0 Å². The Morgan fingerprint density at radius 3 is 2.19 bits per heavy atom. The van der Waals surface area contributed by atoms with E-state index in [-0.39, 0.29) is 38.8 Å². The predicted octanol–water partition coefficient (Wildman–Crippen LogP) is 11.0. The Balaban J connectivity index is 1.39. The highest BCUT2D eigenvalue weighted by Crippen LogP contribution is 2.47. The molecule has 1 aliphatic heterocycles. The van der Waals surface area contributed by atoms with E-state index in [0.717, 1.165) is 22.1 Å². The normalized spacial score (nSPS) is 16.3. The lowest BCUT2D eigenvalue weighted by Gasteiger charge is -2.22. The summed E-state index contributed by atoms with van der Waals surface area (Å²) in [5.74, 6) is -0.774. The minimum Gasteiger partial charge on any atom is -0.456 e. The summed E-state index contributed by atoms with van der Waals surface area (Å²) in [6, 6.07) is 15.3. The number of para-hydroxylation sites is 2. The van der Waals surface area contributed by atoms with Crippen molar-refractivity contribution >= 4 is 32.6 Å². The van der Waals surface area contributed by atoms with E-state index in [1.54, 1.807) is 12.1 Å². The second-order valence-corrected chi connectivity index (χ2v) is 9.90. The van der Waals surface area contributed by atoms with Crippen molar-refractivity contribution in [2.24, 2.45) is 0 Å². The second-order valence-electron chi connectivity index (χ2n) is 9.90. The Labute approximate surface area is 261 Å². The molecule has 0 saturated heterocycles. The van der Waals surface area contributed by atoms with E-state index in [1.807, 2.05) is 60.7 Å². The van der Waals surface area contributed by atoms with Gasteiger partial charge in [0.05, 0.1) is 28.9 Å². The average molecular weight is 549 g/mol. The van der Waals surface area contributed by atoms with E-state index >= 15 is 0 Å². The number of nitrogens with zero attached hydrogens (tertiary/aromatic N) is 1. The summed E-state index contributed by atoms with van der Waals surface area (Å²) in [6.45, 7) is 0. The number of hydrogen-bond acceptors (Lipinski definition) is 1. The zero-order valence-corrected chi connectivity index (χ0v) is 21.8. The van der Waals surface area contributed by atoms with Gasteiger partial charge in [0.1, 0.15) is 11.5 Å². The number of hydrogen-bond donors (Lipinski definition) is 0. The van der Waals surface area contributed by atoms with E-state index < -0.39 is 89.9 Å². The first kappa shape index (κ1) is 13.8. The van der Waals surface area contributed by atoms with Gasteiger partial charge < -0.3 is 9.30 Å². The van der Waals surface area contributed by atoms with Crippen LogP contribution in [-0.4, -0.2) is 4.57 Å². The summed E-state index contributed by atoms with van der Waals surface area (Å²) in [4.78, 5) is 0. The van der Waals surface area contributed by atoms with Crippen LogP contribution in [0.4, 0.5) is 0 Å². The molecular formula is C40H25NO. The van der Waals surface area contributed by atoms with Crippen molar-refractivity contribution in [3.8, 4) is 50.6 Å². The van der Waals surface area contributed by atoms with Gasteiger partial charge in [0.25, 0.3) is 0 Å².